The maximum absolute atomic E-state index is 12.8. The zero-order valence-corrected chi connectivity index (χ0v) is 18.8. The Morgan fingerprint density at radius 3 is 2.67 bits per heavy atom. The monoisotopic (exact) mass is 502 g/mol. The number of nitrogens with one attached hydrogen (secondary N) is 1. The summed E-state index contributed by atoms with van der Waals surface area (Å²) in [7, 11) is 0. The summed E-state index contributed by atoms with van der Waals surface area (Å²) in [5.74, 6) is 0.00578. The van der Waals surface area contributed by atoms with Gasteiger partial charge in [-0.3, -0.25) is 15.1 Å². The van der Waals surface area contributed by atoms with E-state index in [-0.39, 0.29) is 23.6 Å². The van der Waals surface area contributed by atoms with Gasteiger partial charge in [0.2, 0.25) is 5.95 Å². The molecule has 1 fully saturated rings. The van der Waals surface area contributed by atoms with Crippen LogP contribution in [0, 0.1) is 10.1 Å². The van der Waals surface area contributed by atoms with Crippen LogP contribution in [0.3, 0.4) is 0 Å². The molecular formula is C22H21F3N8O3. The molecule has 0 radical (unpaired) electrons. The number of hydrogen-bond donors (Lipinski definition) is 1. The van der Waals surface area contributed by atoms with E-state index in [0.29, 0.717) is 12.1 Å². The SMILES string of the molecule is O=[N+]([O-])c1ccc(/C=N\Nc2nc(OCC(F)(F)F)nc(N3CCCC[C@@H]3c3ccccn3)n2)cc1. The Hall–Kier alpha value is -4.36. The molecule has 3 heterocycles. The summed E-state index contributed by atoms with van der Waals surface area (Å²) >= 11 is 0. The first-order valence-corrected chi connectivity index (χ1v) is 11.0. The summed E-state index contributed by atoms with van der Waals surface area (Å²) in [4.78, 5) is 28.9. The van der Waals surface area contributed by atoms with E-state index in [1.165, 1.54) is 30.5 Å². The van der Waals surface area contributed by atoms with Crippen LogP contribution in [-0.4, -0.2) is 50.4 Å². The average Bonchev–Trinajstić information content (AvgIpc) is 2.88. The molecule has 2 aromatic heterocycles. The molecule has 188 valence electrons. The van der Waals surface area contributed by atoms with E-state index in [0.717, 1.165) is 25.0 Å². The lowest BCUT2D eigenvalue weighted by Gasteiger charge is -2.35. The minimum absolute atomic E-state index is 0.0716. The molecule has 0 amide bonds. The number of pyridine rings is 1. The summed E-state index contributed by atoms with van der Waals surface area (Å²) in [6.45, 7) is -0.999. The van der Waals surface area contributed by atoms with Crippen LogP contribution in [0.25, 0.3) is 0 Å². The summed E-state index contributed by atoms with van der Waals surface area (Å²) < 4.78 is 43.1. The molecule has 36 heavy (non-hydrogen) atoms. The van der Waals surface area contributed by atoms with Gasteiger partial charge in [-0.15, -0.1) is 0 Å². The fourth-order valence-corrected chi connectivity index (χ4v) is 3.63. The van der Waals surface area contributed by atoms with Crippen LogP contribution in [0.5, 0.6) is 6.01 Å². The van der Waals surface area contributed by atoms with E-state index in [4.69, 9.17) is 4.74 Å². The van der Waals surface area contributed by atoms with Gasteiger partial charge in [0, 0.05) is 24.9 Å². The molecule has 1 aromatic carbocycles. The molecule has 3 aromatic rings. The van der Waals surface area contributed by atoms with Crippen molar-refractivity contribution in [1.82, 2.24) is 19.9 Å². The molecule has 0 bridgehead atoms. The van der Waals surface area contributed by atoms with Crippen molar-refractivity contribution in [3.8, 4) is 6.01 Å². The summed E-state index contributed by atoms with van der Waals surface area (Å²) in [6, 6.07) is 10.5. The number of anilines is 2. The first kappa shape index (κ1) is 24.8. The van der Waals surface area contributed by atoms with Crippen molar-refractivity contribution in [1.29, 1.82) is 0 Å². The third kappa shape index (κ3) is 6.61. The second kappa shape index (κ2) is 10.9. The van der Waals surface area contributed by atoms with Gasteiger partial charge in [0.25, 0.3) is 11.6 Å². The van der Waals surface area contributed by atoms with Gasteiger partial charge in [-0.1, -0.05) is 6.07 Å². The number of alkyl halides is 3. The van der Waals surface area contributed by atoms with E-state index < -0.39 is 23.7 Å². The molecule has 0 unspecified atom stereocenters. The van der Waals surface area contributed by atoms with Gasteiger partial charge in [-0.05, 0) is 49.1 Å². The van der Waals surface area contributed by atoms with Crippen molar-refractivity contribution in [2.24, 2.45) is 5.10 Å². The van der Waals surface area contributed by atoms with E-state index in [9.17, 15) is 23.3 Å². The smallest absolute Gasteiger partial charge is 0.422 e. The first-order valence-electron chi connectivity index (χ1n) is 11.0. The van der Waals surface area contributed by atoms with Crippen molar-refractivity contribution in [2.75, 3.05) is 23.5 Å². The number of benzene rings is 1. The summed E-state index contributed by atoms with van der Waals surface area (Å²) in [5.41, 5.74) is 3.84. The van der Waals surface area contributed by atoms with Gasteiger partial charge in [0.05, 0.1) is 22.9 Å². The third-order valence-electron chi connectivity index (χ3n) is 5.24. The van der Waals surface area contributed by atoms with Crippen LogP contribution < -0.4 is 15.1 Å². The Labute approximate surface area is 203 Å². The number of non-ortho nitro benzene ring substituents is 1. The van der Waals surface area contributed by atoms with Crippen LogP contribution in [0.1, 0.15) is 36.6 Å². The zero-order valence-electron chi connectivity index (χ0n) is 18.8. The highest BCUT2D eigenvalue weighted by molar-refractivity contribution is 5.80. The number of nitrogens with zero attached hydrogens (tertiary/aromatic N) is 7. The van der Waals surface area contributed by atoms with Crippen molar-refractivity contribution < 1.29 is 22.8 Å². The quantitative estimate of drug-likeness (QED) is 0.272. The highest BCUT2D eigenvalue weighted by Crippen LogP contribution is 2.33. The number of hydrogen-bond acceptors (Lipinski definition) is 10. The Morgan fingerprint density at radius 2 is 1.97 bits per heavy atom. The molecule has 14 heteroatoms. The van der Waals surface area contributed by atoms with Crippen LogP contribution in [-0.2, 0) is 0 Å². The molecule has 0 spiro atoms. The van der Waals surface area contributed by atoms with Crippen molar-refractivity contribution >= 4 is 23.8 Å². The number of aromatic nitrogens is 4. The highest BCUT2D eigenvalue weighted by Gasteiger charge is 2.31. The lowest BCUT2D eigenvalue weighted by molar-refractivity contribution is -0.384. The largest absolute Gasteiger partial charge is 0.454 e. The van der Waals surface area contributed by atoms with Crippen molar-refractivity contribution in [3.63, 3.8) is 0 Å². The van der Waals surface area contributed by atoms with E-state index >= 15 is 0 Å². The number of nitro benzene ring substituents is 1. The second-order valence-electron chi connectivity index (χ2n) is 7.82. The number of halogens is 3. The number of piperidine rings is 1. The minimum atomic E-state index is -4.57. The van der Waals surface area contributed by atoms with Crippen LogP contribution in [0.2, 0.25) is 0 Å². The van der Waals surface area contributed by atoms with E-state index in [1.54, 1.807) is 12.3 Å². The average molecular weight is 502 g/mol. The van der Waals surface area contributed by atoms with Gasteiger partial charge in [-0.25, -0.2) is 5.43 Å². The number of ether oxygens (including phenoxy) is 1. The maximum Gasteiger partial charge on any atom is 0.422 e. The summed E-state index contributed by atoms with van der Waals surface area (Å²) in [6.07, 6.45) is 1.02. The van der Waals surface area contributed by atoms with Crippen LogP contribution >= 0.6 is 0 Å². The molecule has 1 aliphatic rings. The molecule has 1 aliphatic heterocycles. The predicted molar refractivity (Wildman–Crippen MR) is 124 cm³/mol. The normalized spacial score (nSPS) is 16.2. The lowest BCUT2D eigenvalue weighted by Crippen LogP contribution is -2.35. The Morgan fingerprint density at radius 1 is 1.17 bits per heavy atom. The Bertz CT molecular complexity index is 1210. The van der Waals surface area contributed by atoms with E-state index in [2.05, 4.69) is 30.5 Å². The van der Waals surface area contributed by atoms with Crippen molar-refractivity contribution in [3.05, 3.63) is 70.0 Å². The number of nitro groups is 1. The van der Waals surface area contributed by atoms with Gasteiger partial charge < -0.3 is 9.64 Å². The number of hydrazone groups is 1. The Kier molecular flexibility index (Phi) is 7.51. The Balaban J connectivity index is 1.59. The topological polar surface area (TPSA) is 132 Å². The molecular weight excluding hydrogens is 481 g/mol. The number of rotatable bonds is 8. The molecule has 0 saturated carbocycles. The van der Waals surface area contributed by atoms with Gasteiger partial charge >= 0.3 is 12.2 Å². The lowest BCUT2D eigenvalue weighted by atomic mass is 9.99. The molecule has 0 aliphatic carbocycles. The maximum atomic E-state index is 12.8. The van der Waals surface area contributed by atoms with E-state index in [1.807, 2.05) is 17.0 Å². The molecule has 1 atom stereocenters. The fourth-order valence-electron chi connectivity index (χ4n) is 3.63. The van der Waals surface area contributed by atoms with Gasteiger partial charge in [0.15, 0.2) is 6.61 Å². The van der Waals surface area contributed by atoms with Crippen LogP contribution in [0.4, 0.5) is 30.8 Å². The summed E-state index contributed by atoms with van der Waals surface area (Å²) in [5, 5.41) is 14.8. The van der Waals surface area contributed by atoms with Crippen molar-refractivity contribution in [2.45, 2.75) is 31.5 Å². The van der Waals surface area contributed by atoms with Gasteiger partial charge in [-0.2, -0.15) is 33.2 Å². The molecule has 1 N–H and O–H groups in total. The molecule has 1 saturated heterocycles. The standard InChI is InChI=1S/C22H21F3N8O3/c23-22(24,25)14-36-21-29-19(31-27-13-15-7-9-16(10-8-15)33(34)35)28-20(30-21)32-12-4-2-6-18(32)17-5-1-3-11-26-17/h1,3,5,7-11,13,18H,2,4,6,12,14H2,(H,28,29,30,31)/b27-13-/t18-/m1/s1. The highest BCUT2D eigenvalue weighted by atomic mass is 19.4. The van der Waals surface area contributed by atoms with Crippen LogP contribution in [0.15, 0.2) is 53.8 Å². The second-order valence-corrected chi connectivity index (χ2v) is 7.82. The fraction of sp³-hybridized carbons (Fsp3) is 0.318. The first-order chi connectivity index (χ1) is 17.3. The van der Waals surface area contributed by atoms with Gasteiger partial charge in [0.1, 0.15) is 0 Å². The third-order valence-corrected chi connectivity index (χ3v) is 5.24. The molecule has 11 nitrogen and oxygen atoms in total. The zero-order chi connectivity index (χ0) is 25.5. The molecule has 4 rings (SSSR count). The predicted octanol–water partition coefficient (Wildman–Crippen LogP) is 4.29. The minimum Gasteiger partial charge on any atom is -0.454 e.